The molecule has 270 valence electrons. The summed E-state index contributed by atoms with van der Waals surface area (Å²) in [6, 6.07) is 70.9. The number of para-hydroxylation sites is 2. The summed E-state index contributed by atoms with van der Waals surface area (Å²) in [6.07, 6.45) is 0. The van der Waals surface area contributed by atoms with Gasteiger partial charge in [-0.2, -0.15) is 0 Å². The van der Waals surface area contributed by atoms with E-state index in [0.717, 1.165) is 55.6 Å². The molecule has 58 heavy (non-hydrogen) atoms. The van der Waals surface area contributed by atoms with Gasteiger partial charge in [0.15, 0.2) is 17.5 Å². The molecule has 1 aliphatic heterocycles. The smallest absolute Gasteiger partial charge is 0.164 e. The highest BCUT2D eigenvalue weighted by Crippen LogP contribution is 2.52. The summed E-state index contributed by atoms with van der Waals surface area (Å²) in [5, 5.41) is 7.18. The molecule has 0 saturated carbocycles. The van der Waals surface area contributed by atoms with Crippen molar-refractivity contribution in [2.24, 2.45) is 0 Å². The highest BCUT2D eigenvalue weighted by Gasteiger charge is 2.27. The standard InChI is InChI=1S/C53H33N5/c1-3-14-35(15-4-1)51-54-52(56-53(55-51)43-24-13-27-47-50(43)42-22-9-10-25-45(42)57(47)39-20-5-2-6-21-39)36-28-30-40(31-29-36)58-46-26-12-19-34-18-11-23-41(49(34)46)44-32-37-16-7-8-17-38(37)33-48(44)58/h1-33H. The Morgan fingerprint density at radius 3 is 1.71 bits per heavy atom. The Labute approximate surface area is 334 Å². The SMILES string of the molecule is c1ccc(-c2nc(-c3ccc(N4c5cc6ccccc6cc5-c5cccc6cccc4c56)cc3)nc(-c3cccc4c3c3ccccc3n4-c3ccccc3)n2)cc1. The Morgan fingerprint density at radius 2 is 0.914 bits per heavy atom. The van der Waals surface area contributed by atoms with Gasteiger partial charge in [0, 0.05) is 49.8 Å². The van der Waals surface area contributed by atoms with Crippen LogP contribution in [0.5, 0.6) is 0 Å². The highest BCUT2D eigenvalue weighted by molar-refractivity contribution is 6.16. The van der Waals surface area contributed by atoms with Crippen LogP contribution in [-0.4, -0.2) is 19.5 Å². The largest absolute Gasteiger partial charge is 0.309 e. The first kappa shape index (κ1) is 32.4. The van der Waals surface area contributed by atoms with Crippen LogP contribution in [0.15, 0.2) is 200 Å². The molecule has 11 aromatic rings. The van der Waals surface area contributed by atoms with Crippen LogP contribution in [0, 0.1) is 0 Å². The van der Waals surface area contributed by atoms with E-state index in [-0.39, 0.29) is 0 Å². The lowest BCUT2D eigenvalue weighted by Crippen LogP contribution is -2.15. The number of hydrogen-bond donors (Lipinski definition) is 0. The second-order valence-electron chi connectivity index (χ2n) is 14.8. The molecule has 0 saturated heterocycles. The zero-order chi connectivity index (χ0) is 38.2. The Kier molecular flexibility index (Phi) is 7.16. The van der Waals surface area contributed by atoms with Gasteiger partial charge in [0.05, 0.1) is 22.4 Å². The Hall–Kier alpha value is -7.89. The molecule has 0 unspecified atom stereocenters. The van der Waals surface area contributed by atoms with Crippen molar-refractivity contribution in [2.45, 2.75) is 0 Å². The molecular weight excluding hydrogens is 707 g/mol. The van der Waals surface area contributed by atoms with Gasteiger partial charge in [-0.1, -0.05) is 133 Å². The number of anilines is 3. The van der Waals surface area contributed by atoms with E-state index in [0.29, 0.717) is 17.5 Å². The normalized spacial score (nSPS) is 12.1. The zero-order valence-corrected chi connectivity index (χ0v) is 31.3. The van der Waals surface area contributed by atoms with Crippen LogP contribution in [0.25, 0.3) is 94.3 Å². The van der Waals surface area contributed by atoms with Crippen molar-refractivity contribution in [3.05, 3.63) is 200 Å². The van der Waals surface area contributed by atoms with Crippen molar-refractivity contribution in [3.63, 3.8) is 0 Å². The van der Waals surface area contributed by atoms with E-state index >= 15 is 0 Å². The molecule has 12 rings (SSSR count). The van der Waals surface area contributed by atoms with Crippen molar-refractivity contribution in [1.82, 2.24) is 19.5 Å². The third-order valence-corrected chi connectivity index (χ3v) is 11.5. The fourth-order valence-corrected chi connectivity index (χ4v) is 8.93. The number of aromatic nitrogens is 4. The second kappa shape index (κ2) is 12.8. The van der Waals surface area contributed by atoms with Gasteiger partial charge in [-0.3, -0.25) is 0 Å². The van der Waals surface area contributed by atoms with Crippen LogP contribution >= 0.6 is 0 Å². The van der Waals surface area contributed by atoms with E-state index in [1.54, 1.807) is 0 Å². The lowest BCUT2D eigenvalue weighted by atomic mass is 9.89. The molecule has 0 radical (unpaired) electrons. The second-order valence-corrected chi connectivity index (χ2v) is 14.8. The predicted molar refractivity (Wildman–Crippen MR) is 239 cm³/mol. The van der Waals surface area contributed by atoms with Crippen LogP contribution in [0.4, 0.5) is 17.1 Å². The minimum absolute atomic E-state index is 0.622. The number of rotatable bonds is 5. The van der Waals surface area contributed by atoms with Crippen LogP contribution in [-0.2, 0) is 0 Å². The average Bonchev–Trinajstić information content (AvgIpc) is 3.64. The van der Waals surface area contributed by atoms with Crippen molar-refractivity contribution >= 4 is 60.4 Å². The van der Waals surface area contributed by atoms with E-state index in [1.807, 2.05) is 18.2 Å². The maximum absolute atomic E-state index is 5.27. The molecule has 0 spiro atoms. The van der Waals surface area contributed by atoms with Gasteiger partial charge in [-0.15, -0.1) is 0 Å². The van der Waals surface area contributed by atoms with Gasteiger partial charge >= 0.3 is 0 Å². The third kappa shape index (κ3) is 5.00. The van der Waals surface area contributed by atoms with Crippen molar-refractivity contribution in [2.75, 3.05) is 4.90 Å². The van der Waals surface area contributed by atoms with Gasteiger partial charge < -0.3 is 9.47 Å². The Balaban J connectivity index is 1.04. The Morgan fingerprint density at radius 1 is 0.328 bits per heavy atom. The molecule has 2 aromatic heterocycles. The monoisotopic (exact) mass is 739 g/mol. The summed E-state index contributed by atoms with van der Waals surface area (Å²) in [5.74, 6) is 1.89. The Bertz CT molecular complexity index is 3380. The predicted octanol–water partition coefficient (Wildman–Crippen LogP) is 13.7. The molecule has 1 aliphatic rings. The highest BCUT2D eigenvalue weighted by atomic mass is 15.2. The molecule has 9 aromatic carbocycles. The van der Waals surface area contributed by atoms with Crippen molar-refractivity contribution < 1.29 is 0 Å². The van der Waals surface area contributed by atoms with Gasteiger partial charge in [-0.05, 0) is 88.5 Å². The molecule has 3 heterocycles. The van der Waals surface area contributed by atoms with Gasteiger partial charge in [0.25, 0.3) is 0 Å². The molecule has 5 nitrogen and oxygen atoms in total. The number of hydrogen-bond acceptors (Lipinski definition) is 4. The zero-order valence-electron chi connectivity index (χ0n) is 31.3. The van der Waals surface area contributed by atoms with Crippen molar-refractivity contribution in [1.29, 1.82) is 0 Å². The first-order chi connectivity index (χ1) is 28.8. The molecule has 0 fully saturated rings. The summed E-state index contributed by atoms with van der Waals surface area (Å²) in [4.78, 5) is 18.0. The maximum Gasteiger partial charge on any atom is 0.164 e. The first-order valence-corrected chi connectivity index (χ1v) is 19.6. The minimum atomic E-state index is 0.622. The van der Waals surface area contributed by atoms with E-state index in [4.69, 9.17) is 15.0 Å². The summed E-state index contributed by atoms with van der Waals surface area (Å²) in [6.45, 7) is 0. The van der Waals surface area contributed by atoms with Crippen LogP contribution in [0.1, 0.15) is 0 Å². The van der Waals surface area contributed by atoms with Gasteiger partial charge in [0.1, 0.15) is 0 Å². The van der Waals surface area contributed by atoms with E-state index in [9.17, 15) is 0 Å². The van der Waals surface area contributed by atoms with Crippen LogP contribution in [0.2, 0.25) is 0 Å². The van der Waals surface area contributed by atoms with E-state index < -0.39 is 0 Å². The molecule has 0 N–H and O–H groups in total. The minimum Gasteiger partial charge on any atom is -0.309 e. The average molecular weight is 740 g/mol. The topological polar surface area (TPSA) is 46.8 Å². The van der Waals surface area contributed by atoms with E-state index in [1.165, 1.54) is 38.4 Å². The summed E-state index contributed by atoms with van der Waals surface area (Å²) in [5.41, 5.74) is 12.0. The summed E-state index contributed by atoms with van der Waals surface area (Å²) >= 11 is 0. The fourth-order valence-electron chi connectivity index (χ4n) is 8.93. The molecule has 5 heteroatoms. The van der Waals surface area contributed by atoms with Crippen LogP contribution in [0.3, 0.4) is 0 Å². The molecule has 0 aliphatic carbocycles. The fraction of sp³-hybridized carbons (Fsp3) is 0. The lowest BCUT2D eigenvalue weighted by molar-refractivity contribution is 1.08. The van der Waals surface area contributed by atoms with Gasteiger partial charge in [-0.25, -0.2) is 15.0 Å². The van der Waals surface area contributed by atoms with E-state index in [2.05, 4.69) is 191 Å². The summed E-state index contributed by atoms with van der Waals surface area (Å²) in [7, 11) is 0. The molecule has 0 atom stereocenters. The first-order valence-electron chi connectivity index (χ1n) is 19.6. The third-order valence-electron chi connectivity index (χ3n) is 11.5. The number of nitrogens with zero attached hydrogens (tertiary/aromatic N) is 5. The quantitative estimate of drug-likeness (QED) is 0.176. The summed E-state index contributed by atoms with van der Waals surface area (Å²) < 4.78 is 2.33. The number of fused-ring (bicyclic) bond motifs is 6. The van der Waals surface area contributed by atoms with Crippen molar-refractivity contribution in [3.8, 4) is 51.0 Å². The van der Waals surface area contributed by atoms with Gasteiger partial charge in [0.2, 0.25) is 0 Å². The maximum atomic E-state index is 5.27. The molecule has 0 bridgehead atoms. The number of benzene rings is 9. The van der Waals surface area contributed by atoms with Crippen LogP contribution < -0.4 is 4.90 Å². The lowest BCUT2D eigenvalue weighted by Gasteiger charge is -2.34. The molecular formula is C53H33N5. The molecule has 0 amide bonds.